The lowest BCUT2D eigenvalue weighted by molar-refractivity contribution is -0.115. The van der Waals surface area contributed by atoms with Gasteiger partial charge in [0.05, 0.1) is 16.6 Å². The van der Waals surface area contributed by atoms with Crippen molar-refractivity contribution in [3.8, 4) is 0 Å². The maximum absolute atomic E-state index is 12.4. The number of Topliss-reactive ketones (excluding diaryl/α,β-unsaturated/α-hetero) is 1. The maximum atomic E-state index is 12.4. The zero-order valence-corrected chi connectivity index (χ0v) is 15.4. The molecule has 2 aromatic carbocycles. The van der Waals surface area contributed by atoms with Gasteiger partial charge in [-0.3, -0.25) is 14.9 Å². The number of anilines is 2. The lowest BCUT2D eigenvalue weighted by atomic mass is 10.1. The van der Waals surface area contributed by atoms with E-state index in [1.165, 1.54) is 11.3 Å². The number of nitrogens with zero attached hydrogens (tertiary/aromatic N) is 1. The molecule has 1 heterocycles. The van der Waals surface area contributed by atoms with Crippen molar-refractivity contribution in [2.45, 2.75) is 13.3 Å². The molecular weight excluding hydrogens is 364 g/mol. The summed E-state index contributed by atoms with van der Waals surface area (Å²) in [6.45, 7) is 2.34. The molecular formula is C19H18N4O3S. The average Bonchev–Trinajstić information content (AvgIpc) is 3.03. The number of carbonyl (C=O) groups is 3. The Morgan fingerprint density at radius 1 is 1.04 bits per heavy atom. The molecule has 3 amide bonds. The molecule has 0 aliphatic heterocycles. The van der Waals surface area contributed by atoms with Crippen LogP contribution in [0.3, 0.4) is 0 Å². The molecule has 3 N–H and O–H groups in total. The predicted molar refractivity (Wildman–Crippen MR) is 106 cm³/mol. The van der Waals surface area contributed by atoms with Crippen LogP contribution in [0.15, 0.2) is 48.5 Å². The van der Waals surface area contributed by atoms with Crippen LogP contribution in [0.25, 0.3) is 10.2 Å². The first kappa shape index (κ1) is 18.5. The Balaban J connectivity index is 1.67. The Bertz CT molecular complexity index is 985. The van der Waals surface area contributed by atoms with Gasteiger partial charge in [0.2, 0.25) is 5.91 Å². The summed E-state index contributed by atoms with van der Waals surface area (Å²) in [5.74, 6) is -0.647. The average molecular weight is 382 g/mol. The molecule has 0 radical (unpaired) electrons. The minimum Gasteiger partial charge on any atom is -0.338 e. The van der Waals surface area contributed by atoms with Crippen molar-refractivity contribution in [3.05, 3.63) is 54.1 Å². The topological polar surface area (TPSA) is 100 Å². The van der Waals surface area contributed by atoms with Crippen LogP contribution in [0, 0.1) is 0 Å². The van der Waals surface area contributed by atoms with E-state index in [-0.39, 0.29) is 24.1 Å². The van der Waals surface area contributed by atoms with Gasteiger partial charge in [-0.05, 0) is 37.3 Å². The van der Waals surface area contributed by atoms with E-state index < -0.39 is 0 Å². The summed E-state index contributed by atoms with van der Waals surface area (Å²) in [5.41, 5.74) is 1.75. The molecule has 0 saturated heterocycles. The summed E-state index contributed by atoms with van der Waals surface area (Å²) in [7, 11) is 0. The number of aromatic nitrogens is 1. The third kappa shape index (κ3) is 4.89. The number of hydrogen-bond donors (Lipinski definition) is 3. The maximum Gasteiger partial charge on any atom is 0.321 e. The van der Waals surface area contributed by atoms with Crippen molar-refractivity contribution >= 4 is 50.1 Å². The van der Waals surface area contributed by atoms with E-state index in [0.29, 0.717) is 28.4 Å². The van der Waals surface area contributed by atoms with Crippen LogP contribution in [0.5, 0.6) is 0 Å². The van der Waals surface area contributed by atoms with Gasteiger partial charge in [0.1, 0.15) is 0 Å². The lowest BCUT2D eigenvalue weighted by Crippen LogP contribution is -2.28. The fraction of sp³-hybridized carbons (Fsp3) is 0.158. The second kappa shape index (κ2) is 8.41. The summed E-state index contributed by atoms with van der Waals surface area (Å²) in [6, 6.07) is 13.7. The normalized spacial score (nSPS) is 10.4. The largest absolute Gasteiger partial charge is 0.338 e. The number of amides is 3. The number of hydrogen-bond acceptors (Lipinski definition) is 5. The lowest BCUT2D eigenvalue weighted by Gasteiger charge is -2.04. The van der Waals surface area contributed by atoms with E-state index in [2.05, 4.69) is 20.9 Å². The molecule has 3 rings (SSSR count). The van der Waals surface area contributed by atoms with Crippen molar-refractivity contribution in [1.82, 2.24) is 10.3 Å². The molecule has 7 nitrogen and oxygen atoms in total. The minimum absolute atomic E-state index is 0.247. The number of nitrogens with one attached hydrogen (secondary N) is 3. The Kier molecular flexibility index (Phi) is 5.77. The predicted octanol–water partition coefficient (Wildman–Crippen LogP) is 3.65. The number of ketones is 1. The van der Waals surface area contributed by atoms with Gasteiger partial charge in [0.15, 0.2) is 10.9 Å². The Hall–Kier alpha value is -3.26. The number of fused-ring (bicyclic) bond motifs is 1. The molecule has 0 atom stereocenters. The van der Waals surface area contributed by atoms with Gasteiger partial charge in [-0.2, -0.15) is 0 Å². The molecule has 8 heteroatoms. The molecule has 0 spiro atoms. The first-order valence-corrected chi connectivity index (χ1v) is 9.20. The highest BCUT2D eigenvalue weighted by Gasteiger charge is 2.14. The highest BCUT2D eigenvalue weighted by molar-refractivity contribution is 7.22. The molecule has 138 valence electrons. The molecule has 1 aromatic heterocycles. The van der Waals surface area contributed by atoms with Crippen molar-refractivity contribution < 1.29 is 14.4 Å². The third-order valence-electron chi connectivity index (χ3n) is 3.65. The van der Waals surface area contributed by atoms with E-state index in [0.717, 1.165) is 4.70 Å². The summed E-state index contributed by atoms with van der Waals surface area (Å²) in [5, 5.41) is 8.42. The quantitative estimate of drug-likeness (QED) is 0.447. The van der Waals surface area contributed by atoms with Gasteiger partial charge in [-0.15, -0.1) is 0 Å². The summed E-state index contributed by atoms with van der Waals surface area (Å²) in [4.78, 5) is 40.3. The minimum atomic E-state index is -0.366. The smallest absolute Gasteiger partial charge is 0.321 e. The van der Waals surface area contributed by atoms with Crippen molar-refractivity contribution in [3.63, 3.8) is 0 Å². The molecule has 27 heavy (non-hydrogen) atoms. The summed E-state index contributed by atoms with van der Waals surface area (Å²) in [6.07, 6.45) is -0.247. The van der Waals surface area contributed by atoms with E-state index in [1.807, 2.05) is 25.1 Å². The van der Waals surface area contributed by atoms with Gasteiger partial charge in [-0.25, -0.2) is 9.78 Å². The standard InChI is InChI=1S/C19H18N4O3S/c1-2-20-18(26)23-19-22-14-9-8-12(10-16(14)27-19)15(24)11-17(25)21-13-6-4-3-5-7-13/h3-10H,2,11H2,1H3,(H,21,25)(H2,20,22,23,26). The van der Waals surface area contributed by atoms with Crippen LogP contribution in [0.2, 0.25) is 0 Å². The van der Waals surface area contributed by atoms with Gasteiger partial charge < -0.3 is 10.6 Å². The zero-order chi connectivity index (χ0) is 19.2. The fourth-order valence-corrected chi connectivity index (χ4v) is 3.33. The Morgan fingerprint density at radius 3 is 2.56 bits per heavy atom. The molecule has 0 aliphatic rings. The van der Waals surface area contributed by atoms with Crippen molar-refractivity contribution in [1.29, 1.82) is 0 Å². The van der Waals surface area contributed by atoms with E-state index >= 15 is 0 Å². The second-order valence-electron chi connectivity index (χ2n) is 5.70. The molecule has 0 saturated carbocycles. The van der Waals surface area contributed by atoms with Crippen LogP contribution < -0.4 is 16.0 Å². The molecule has 3 aromatic rings. The highest BCUT2D eigenvalue weighted by Crippen LogP contribution is 2.27. The van der Waals surface area contributed by atoms with Gasteiger partial charge in [-0.1, -0.05) is 29.5 Å². The van der Waals surface area contributed by atoms with E-state index in [9.17, 15) is 14.4 Å². The number of para-hydroxylation sites is 1. The number of rotatable bonds is 6. The van der Waals surface area contributed by atoms with Crippen LogP contribution >= 0.6 is 11.3 Å². The Morgan fingerprint density at radius 2 is 1.81 bits per heavy atom. The first-order valence-electron chi connectivity index (χ1n) is 8.38. The molecule has 0 aliphatic carbocycles. The van der Waals surface area contributed by atoms with Crippen molar-refractivity contribution in [2.24, 2.45) is 0 Å². The highest BCUT2D eigenvalue weighted by atomic mass is 32.1. The van der Waals surface area contributed by atoms with Crippen LogP contribution in [0.4, 0.5) is 15.6 Å². The molecule has 0 fully saturated rings. The van der Waals surface area contributed by atoms with Crippen LogP contribution in [-0.2, 0) is 4.79 Å². The summed E-state index contributed by atoms with van der Waals surface area (Å²) < 4.78 is 0.760. The Labute approximate surface area is 159 Å². The number of carbonyl (C=O) groups excluding carboxylic acids is 3. The zero-order valence-electron chi connectivity index (χ0n) is 14.6. The number of benzene rings is 2. The first-order chi connectivity index (χ1) is 13.0. The van der Waals surface area contributed by atoms with Crippen LogP contribution in [-0.4, -0.2) is 29.3 Å². The molecule has 0 unspecified atom stereocenters. The second-order valence-corrected chi connectivity index (χ2v) is 6.73. The van der Waals surface area contributed by atoms with Crippen LogP contribution in [0.1, 0.15) is 23.7 Å². The number of urea groups is 1. The monoisotopic (exact) mass is 382 g/mol. The van der Waals surface area contributed by atoms with Gasteiger partial charge >= 0.3 is 6.03 Å². The van der Waals surface area contributed by atoms with E-state index in [1.54, 1.807) is 30.3 Å². The van der Waals surface area contributed by atoms with Gasteiger partial charge in [0.25, 0.3) is 0 Å². The fourth-order valence-electron chi connectivity index (χ4n) is 2.43. The number of thiazole rings is 1. The van der Waals surface area contributed by atoms with Gasteiger partial charge in [0, 0.05) is 17.8 Å². The van der Waals surface area contributed by atoms with E-state index in [4.69, 9.17) is 0 Å². The van der Waals surface area contributed by atoms with Crippen molar-refractivity contribution in [2.75, 3.05) is 17.2 Å². The summed E-state index contributed by atoms with van der Waals surface area (Å²) >= 11 is 1.27. The third-order valence-corrected chi connectivity index (χ3v) is 4.58. The SMILES string of the molecule is CCNC(=O)Nc1nc2ccc(C(=O)CC(=O)Nc3ccccc3)cc2s1. The molecule has 0 bridgehead atoms.